The third-order valence-electron chi connectivity index (χ3n) is 5.23. The summed E-state index contributed by atoms with van der Waals surface area (Å²) in [5.41, 5.74) is 3.60. The number of rotatable bonds is 7. The quantitative estimate of drug-likeness (QED) is 0.308. The number of ether oxygens (including phenoxy) is 1. The van der Waals surface area contributed by atoms with Gasteiger partial charge in [-0.05, 0) is 60.4 Å². The summed E-state index contributed by atoms with van der Waals surface area (Å²) >= 11 is 12.2. The van der Waals surface area contributed by atoms with Crippen LogP contribution in [0, 0.1) is 0 Å². The number of hydrogen-bond donors (Lipinski definition) is 1. The fourth-order valence-electron chi connectivity index (χ4n) is 3.29. The van der Waals surface area contributed by atoms with E-state index in [1.165, 1.54) is 5.56 Å². The van der Waals surface area contributed by atoms with Crippen LogP contribution < -0.4 is 10.1 Å². The molecule has 0 bridgehead atoms. The van der Waals surface area contributed by atoms with Crippen LogP contribution in [0.1, 0.15) is 31.7 Å². The molecule has 1 amide bonds. The number of anilines is 1. The fourth-order valence-corrected chi connectivity index (χ4v) is 3.81. The Morgan fingerprint density at radius 3 is 2.66 bits per heavy atom. The Labute approximate surface area is 196 Å². The van der Waals surface area contributed by atoms with Crippen LogP contribution >= 0.6 is 23.2 Å². The molecule has 1 aromatic heterocycles. The van der Waals surface area contributed by atoms with Gasteiger partial charge in [0.05, 0.1) is 5.02 Å². The van der Waals surface area contributed by atoms with E-state index >= 15 is 0 Å². The second-order valence-corrected chi connectivity index (χ2v) is 8.39. The number of amides is 1. The Morgan fingerprint density at radius 2 is 1.91 bits per heavy atom. The molecule has 164 valence electrons. The summed E-state index contributed by atoms with van der Waals surface area (Å²) in [5.74, 6) is 1.27. The maximum atomic E-state index is 12.4. The van der Waals surface area contributed by atoms with Crippen LogP contribution in [0.4, 0.5) is 5.69 Å². The van der Waals surface area contributed by atoms with E-state index in [9.17, 15) is 4.79 Å². The highest BCUT2D eigenvalue weighted by molar-refractivity contribution is 6.38. The third kappa shape index (κ3) is 5.06. The minimum atomic E-state index is -0.263. The molecule has 0 radical (unpaired) electrons. The summed E-state index contributed by atoms with van der Waals surface area (Å²) < 4.78 is 11.4. The van der Waals surface area contributed by atoms with Crippen molar-refractivity contribution >= 4 is 45.9 Å². The molecule has 1 heterocycles. The molecule has 7 heteroatoms. The van der Waals surface area contributed by atoms with Crippen molar-refractivity contribution in [3.05, 3.63) is 76.3 Å². The molecule has 0 fully saturated rings. The van der Waals surface area contributed by atoms with E-state index in [2.05, 4.69) is 24.1 Å². The van der Waals surface area contributed by atoms with Gasteiger partial charge < -0.3 is 14.5 Å². The van der Waals surface area contributed by atoms with E-state index in [1.807, 2.05) is 36.4 Å². The lowest BCUT2D eigenvalue weighted by atomic mass is 9.99. The highest BCUT2D eigenvalue weighted by Gasteiger charge is 2.13. The number of fused-ring (bicyclic) bond motifs is 1. The fraction of sp³-hybridized carbons (Fsp3) is 0.200. The van der Waals surface area contributed by atoms with Crippen molar-refractivity contribution in [3.8, 4) is 17.2 Å². The normalized spacial score (nSPS) is 12.0. The van der Waals surface area contributed by atoms with Gasteiger partial charge in [-0.2, -0.15) is 0 Å². The third-order valence-corrected chi connectivity index (χ3v) is 5.73. The summed E-state index contributed by atoms with van der Waals surface area (Å²) in [4.78, 5) is 16.8. The van der Waals surface area contributed by atoms with Gasteiger partial charge in [-0.1, -0.05) is 55.2 Å². The number of halogens is 2. The molecule has 1 N–H and O–H groups in total. The lowest BCUT2D eigenvalue weighted by Crippen LogP contribution is -2.20. The van der Waals surface area contributed by atoms with Crippen molar-refractivity contribution in [1.29, 1.82) is 0 Å². The SMILES string of the molecule is CCC(C)c1ccc(OCC(=O)Nc2cccc(-c3nc4cc(Cl)cc(Cl)c4o3)c2)cc1. The molecule has 0 aliphatic heterocycles. The highest BCUT2D eigenvalue weighted by atomic mass is 35.5. The molecule has 0 saturated heterocycles. The molecule has 3 aromatic carbocycles. The second-order valence-electron chi connectivity index (χ2n) is 7.55. The molecule has 1 unspecified atom stereocenters. The van der Waals surface area contributed by atoms with Crippen LogP contribution in [0.3, 0.4) is 0 Å². The smallest absolute Gasteiger partial charge is 0.262 e. The van der Waals surface area contributed by atoms with Crippen LogP contribution in [0.2, 0.25) is 10.0 Å². The Balaban J connectivity index is 1.41. The minimum absolute atomic E-state index is 0.0934. The van der Waals surface area contributed by atoms with Crippen LogP contribution in [-0.2, 0) is 4.79 Å². The van der Waals surface area contributed by atoms with Crippen LogP contribution in [0.25, 0.3) is 22.6 Å². The lowest BCUT2D eigenvalue weighted by Gasteiger charge is -2.11. The van der Waals surface area contributed by atoms with Crippen molar-refractivity contribution in [2.45, 2.75) is 26.2 Å². The van der Waals surface area contributed by atoms with Gasteiger partial charge in [0.15, 0.2) is 12.2 Å². The van der Waals surface area contributed by atoms with Gasteiger partial charge in [0.25, 0.3) is 5.91 Å². The maximum Gasteiger partial charge on any atom is 0.262 e. The van der Waals surface area contributed by atoms with E-state index in [4.69, 9.17) is 32.4 Å². The zero-order valence-corrected chi connectivity index (χ0v) is 19.2. The Morgan fingerprint density at radius 1 is 1.12 bits per heavy atom. The zero-order valence-electron chi connectivity index (χ0n) is 17.7. The number of hydrogen-bond acceptors (Lipinski definition) is 4. The summed E-state index contributed by atoms with van der Waals surface area (Å²) in [7, 11) is 0. The first-order chi connectivity index (χ1) is 15.4. The first-order valence-corrected chi connectivity index (χ1v) is 11.1. The average molecular weight is 469 g/mol. The highest BCUT2D eigenvalue weighted by Crippen LogP contribution is 2.32. The van der Waals surface area contributed by atoms with Crippen molar-refractivity contribution in [2.24, 2.45) is 0 Å². The molecule has 0 saturated carbocycles. The predicted octanol–water partition coefficient (Wildman–Crippen LogP) is 7.33. The van der Waals surface area contributed by atoms with E-state index < -0.39 is 0 Å². The number of nitrogens with zero attached hydrogens (tertiary/aromatic N) is 1. The minimum Gasteiger partial charge on any atom is -0.484 e. The monoisotopic (exact) mass is 468 g/mol. The summed E-state index contributed by atoms with van der Waals surface area (Å²) in [6.07, 6.45) is 1.08. The maximum absolute atomic E-state index is 12.4. The van der Waals surface area contributed by atoms with Gasteiger partial charge in [0.1, 0.15) is 11.3 Å². The average Bonchev–Trinajstić information content (AvgIpc) is 3.22. The Kier molecular flexibility index (Phi) is 6.68. The van der Waals surface area contributed by atoms with E-state index in [0.29, 0.717) is 50.0 Å². The number of nitrogens with one attached hydrogen (secondary N) is 1. The Bertz CT molecular complexity index is 1250. The first kappa shape index (κ1) is 22.2. The van der Waals surface area contributed by atoms with Gasteiger partial charge in [-0.3, -0.25) is 4.79 Å². The van der Waals surface area contributed by atoms with E-state index in [-0.39, 0.29) is 12.5 Å². The molecule has 0 aliphatic carbocycles. The van der Waals surface area contributed by atoms with Crippen LogP contribution in [0.15, 0.2) is 65.1 Å². The summed E-state index contributed by atoms with van der Waals surface area (Å²) in [6, 6.07) is 18.3. The van der Waals surface area contributed by atoms with Gasteiger partial charge in [-0.15, -0.1) is 0 Å². The van der Waals surface area contributed by atoms with Gasteiger partial charge in [0, 0.05) is 16.3 Å². The molecular formula is C25H22Cl2N2O3. The largest absolute Gasteiger partial charge is 0.484 e. The molecule has 5 nitrogen and oxygen atoms in total. The van der Waals surface area contributed by atoms with Gasteiger partial charge >= 0.3 is 0 Å². The lowest BCUT2D eigenvalue weighted by molar-refractivity contribution is -0.118. The predicted molar refractivity (Wildman–Crippen MR) is 129 cm³/mol. The molecular weight excluding hydrogens is 447 g/mol. The first-order valence-electron chi connectivity index (χ1n) is 10.3. The molecule has 0 aliphatic rings. The van der Waals surface area contributed by atoms with Gasteiger partial charge in [-0.25, -0.2) is 4.98 Å². The number of carbonyl (C=O) groups is 1. The molecule has 4 rings (SSSR count). The Hall–Kier alpha value is -3.02. The van der Waals surface area contributed by atoms with Crippen molar-refractivity contribution in [3.63, 3.8) is 0 Å². The summed E-state index contributed by atoms with van der Waals surface area (Å²) in [6.45, 7) is 4.25. The van der Waals surface area contributed by atoms with Crippen molar-refractivity contribution in [2.75, 3.05) is 11.9 Å². The van der Waals surface area contributed by atoms with Crippen LogP contribution in [0.5, 0.6) is 5.75 Å². The number of aromatic nitrogens is 1. The zero-order chi connectivity index (χ0) is 22.7. The van der Waals surface area contributed by atoms with E-state index in [0.717, 1.165) is 6.42 Å². The second kappa shape index (κ2) is 9.63. The standard InChI is InChI=1S/C25H22Cl2N2O3/c1-3-15(2)16-7-9-20(10-8-16)31-14-23(30)28-19-6-4-5-17(11-19)25-29-22-13-18(26)12-21(27)24(22)32-25/h4-13,15H,3,14H2,1-2H3,(H,28,30). The van der Waals surface area contributed by atoms with Gasteiger partial charge in [0.2, 0.25) is 5.89 Å². The molecule has 4 aromatic rings. The molecule has 32 heavy (non-hydrogen) atoms. The molecule has 0 spiro atoms. The van der Waals surface area contributed by atoms with Crippen molar-refractivity contribution in [1.82, 2.24) is 4.98 Å². The topological polar surface area (TPSA) is 64.4 Å². The van der Waals surface area contributed by atoms with Crippen LogP contribution in [-0.4, -0.2) is 17.5 Å². The van der Waals surface area contributed by atoms with Crippen molar-refractivity contribution < 1.29 is 13.9 Å². The number of carbonyl (C=O) groups excluding carboxylic acids is 1. The van der Waals surface area contributed by atoms with E-state index in [1.54, 1.807) is 24.3 Å². The molecule has 1 atom stereocenters. The number of benzene rings is 3. The number of oxazole rings is 1. The summed E-state index contributed by atoms with van der Waals surface area (Å²) in [5, 5.41) is 3.71.